The van der Waals surface area contributed by atoms with Crippen molar-refractivity contribution in [3.8, 4) is 0 Å². The molecule has 0 unspecified atom stereocenters. The summed E-state index contributed by atoms with van der Waals surface area (Å²) in [7, 11) is -3.37. The Morgan fingerprint density at radius 2 is 1.67 bits per heavy atom. The second kappa shape index (κ2) is 16.2. The molecule has 51 valence electrons. The van der Waals surface area contributed by atoms with Crippen molar-refractivity contribution < 1.29 is 55.2 Å². The summed E-state index contributed by atoms with van der Waals surface area (Å²) in [6.45, 7) is 5.72. The first kappa shape index (κ1) is 16.8. The molecular formula is C4H9NdO3P+. The monoisotopic (exact) mass is 278 g/mol. The summed E-state index contributed by atoms with van der Waals surface area (Å²) in [5.41, 5.74) is 0. The van der Waals surface area contributed by atoms with Gasteiger partial charge in [0.15, 0.2) is 0 Å². The number of hydrogen-bond acceptors (Lipinski definition) is 3. The molecular weight excluding hydrogens is 271 g/mol. The Balaban J connectivity index is -0.0000000720. The number of rotatable bonds is 1. The van der Waals surface area contributed by atoms with Crippen molar-refractivity contribution in [3.05, 3.63) is 6.92 Å². The molecule has 0 aromatic rings. The van der Waals surface area contributed by atoms with E-state index in [1.807, 2.05) is 0 Å². The van der Waals surface area contributed by atoms with Gasteiger partial charge in [0, 0.05) is 0 Å². The van der Waals surface area contributed by atoms with E-state index in [1.54, 1.807) is 0 Å². The first-order chi connectivity index (χ1) is 3.65. The molecule has 0 saturated heterocycles. The molecule has 0 heterocycles. The minimum Gasteiger partial charge on any atom is -0.598 e. The molecule has 3 nitrogen and oxygen atoms in total. The van der Waals surface area contributed by atoms with E-state index in [9.17, 15) is 0 Å². The molecule has 0 aromatic carbocycles. The molecule has 0 aliphatic carbocycles. The zero-order valence-electron chi connectivity index (χ0n) is 5.29. The molecule has 0 rings (SSSR count). The van der Waals surface area contributed by atoms with Crippen LogP contribution < -0.4 is 9.79 Å². The molecule has 0 atom stereocenters. The van der Waals surface area contributed by atoms with Crippen LogP contribution in [0.5, 0.6) is 0 Å². The third-order valence-electron chi connectivity index (χ3n) is 0.354. The number of hydrogen-bond donors (Lipinski definition) is 0. The Kier molecular flexibility index (Phi) is 30.1. The van der Waals surface area contributed by atoms with Crippen molar-refractivity contribution in [2.75, 3.05) is 0 Å². The van der Waals surface area contributed by atoms with Crippen LogP contribution in [-0.4, -0.2) is 0 Å². The predicted molar refractivity (Wildman–Crippen MR) is 27.9 cm³/mol. The van der Waals surface area contributed by atoms with Gasteiger partial charge in [0.25, 0.3) is 8.25 Å². The molecule has 0 N–H and O–H groups in total. The molecule has 9 heavy (non-hydrogen) atoms. The van der Waals surface area contributed by atoms with Crippen molar-refractivity contribution in [3.63, 3.8) is 0 Å². The van der Waals surface area contributed by atoms with Gasteiger partial charge in [-0.2, -0.15) is 6.42 Å². The van der Waals surface area contributed by atoms with E-state index in [4.69, 9.17) is 14.4 Å². The van der Waals surface area contributed by atoms with E-state index in [-0.39, 0.29) is 40.8 Å². The van der Waals surface area contributed by atoms with Crippen LogP contribution in [0.25, 0.3) is 0 Å². The molecule has 0 bridgehead atoms. The smallest absolute Gasteiger partial charge is 0.598 e. The first-order valence-electron chi connectivity index (χ1n) is 2.25. The maximum Gasteiger partial charge on any atom is 3.00 e. The third-order valence-corrected chi connectivity index (χ3v) is 0.354. The van der Waals surface area contributed by atoms with E-state index in [2.05, 4.69) is 13.8 Å². The van der Waals surface area contributed by atoms with Crippen molar-refractivity contribution in [2.24, 2.45) is 0 Å². The van der Waals surface area contributed by atoms with Crippen molar-refractivity contribution in [1.29, 1.82) is 0 Å². The Labute approximate surface area is 89.3 Å². The summed E-state index contributed by atoms with van der Waals surface area (Å²) in [4.78, 5) is 17.0. The van der Waals surface area contributed by atoms with E-state index >= 15 is 0 Å². The molecule has 0 aliphatic heterocycles. The molecule has 0 fully saturated rings. The molecule has 0 aromatic heterocycles. The van der Waals surface area contributed by atoms with Gasteiger partial charge in [-0.3, -0.25) is 0 Å². The second-order valence-electron chi connectivity index (χ2n) is 1.08. The molecule has 0 amide bonds. The fourth-order valence-corrected chi connectivity index (χ4v) is 0. The van der Waals surface area contributed by atoms with Gasteiger partial charge in [0.2, 0.25) is 0 Å². The molecule has 0 spiro atoms. The Hall–Kier alpha value is 1.37. The third kappa shape index (κ3) is 90.6. The van der Waals surface area contributed by atoms with Gasteiger partial charge in [0.1, 0.15) is 0 Å². The van der Waals surface area contributed by atoms with Crippen LogP contribution in [0, 0.1) is 47.8 Å². The van der Waals surface area contributed by atoms with Crippen molar-refractivity contribution in [2.45, 2.75) is 19.8 Å². The molecule has 5 heteroatoms. The summed E-state index contributed by atoms with van der Waals surface area (Å²) in [5, 5.41) is 0. The summed E-state index contributed by atoms with van der Waals surface area (Å²) in [5.74, 6) is 0. The van der Waals surface area contributed by atoms with Gasteiger partial charge in [-0.1, -0.05) is 17.9 Å². The van der Waals surface area contributed by atoms with E-state index in [0.29, 0.717) is 0 Å². The van der Waals surface area contributed by atoms with Gasteiger partial charge in [-0.15, -0.1) is 0 Å². The summed E-state index contributed by atoms with van der Waals surface area (Å²) >= 11 is 0. The molecule has 1 radical (unpaired) electrons. The standard InChI is InChI=1S/C4H9.Nd.HO3P/c1-3-4-2;;1-4(2)3/h1,3-4H2,2H3;;(H,1,2,3)/q-1;+3;/p-1. The minimum absolute atomic E-state index is 0. The van der Waals surface area contributed by atoms with Crippen LogP contribution in [0.1, 0.15) is 19.8 Å². The quantitative estimate of drug-likeness (QED) is 0.501. The topological polar surface area (TPSA) is 63.2 Å². The maximum atomic E-state index is 8.48. The van der Waals surface area contributed by atoms with Crippen LogP contribution in [0.4, 0.5) is 0 Å². The Morgan fingerprint density at radius 3 is 1.67 bits per heavy atom. The molecule has 0 saturated carbocycles. The normalized spacial score (nSPS) is 6.22. The first-order valence-corrected chi connectivity index (χ1v) is 3.35. The van der Waals surface area contributed by atoms with Crippen LogP contribution in [0.2, 0.25) is 0 Å². The summed E-state index contributed by atoms with van der Waals surface area (Å²) in [6, 6.07) is 0. The van der Waals surface area contributed by atoms with Crippen LogP contribution >= 0.6 is 8.25 Å². The fraction of sp³-hybridized carbons (Fsp3) is 0.750. The van der Waals surface area contributed by atoms with E-state index in [0.717, 1.165) is 6.42 Å². The van der Waals surface area contributed by atoms with Crippen LogP contribution in [-0.2, 0) is 4.57 Å². The van der Waals surface area contributed by atoms with Gasteiger partial charge < -0.3 is 16.7 Å². The summed E-state index contributed by atoms with van der Waals surface area (Å²) < 4.78 is 8.48. The summed E-state index contributed by atoms with van der Waals surface area (Å²) in [6.07, 6.45) is 2.28. The van der Waals surface area contributed by atoms with Crippen molar-refractivity contribution >= 4 is 8.25 Å². The van der Waals surface area contributed by atoms with Crippen molar-refractivity contribution in [1.82, 2.24) is 0 Å². The largest absolute Gasteiger partial charge is 3.00 e. The maximum absolute atomic E-state index is 8.48. The van der Waals surface area contributed by atoms with Gasteiger partial charge >= 0.3 is 40.8 Å². The predicted octanol–water partition coefficient (Wildman–Crippen LogP) is -0.0150. The van der Waals surface area contributed by atoms with Gasteiger partial charge in [-0.25, -0.2) is 0 Å². The van der Waals surface area contributed by atoms with Crippen LogP contribution in [0.3, 0.4) is 0 Å². The minimum atomic E-state index is -3.37. The number of unbranched alkanes of at least 4 members (excludes halogenated alkanes) is 1. The average Bonchev–Trinajstić information content (AvgIpc) is 1.65. The molecule has 0 aliphatic rings. The second-order valence-corrected chi connectivity index (χ2v) is 1.52. The SMILES string of the molecule is O=[P+]([O-])[O-].[CH2-]CCC.[Nd+3]. The van der Waals surface area contributed by atoms with Crippen LogP contribution in [0.15, 0.2) is 0 Å². The van der Waals surface area contributed by atoms with E-state index < -0.39 is 8.25 Å². The Morgan fingerprint density at radius 1 is 1.56 bits per heavy atom. The Bertz CT molecular complexity index is 53.8. The van der Waals surface area contributed by atoms with Gasteiger partial charge in [0.05, 0.1) is 0 Å². The zero-order chi connectivity index (χ0) is 6.99. The fourth-order valence-electron chi connectivity index (χ4n) is 0. The zero-order valence-corrected chi connectivity index (χ0v) is 9.40. The van der Waals surface area contributed by atoms with E-state index in [1.165, 1.54) is 6.42 Å². The average molecular weight is 280 g/mol. The van der Waals surface area contributed by atoms with Gasteiger partial charge in [-0.05, 0) is 0 Å².